The molecule has 7 nitrogen and oxygen atoms in total. The number of allylic oxidation sites excluding steroid dienone is 1. The minimum Gasteiger partial charge on any atom is -0.462 e. The molecule has 0 aromatic heterocycles. The van der Waals surface area contributed by atoms with Crippen molar-refractivity contribution in [2.75, 3.05) is 25.3 Å². The lowest BCUT2D eigenvalue weighted by atomic mass is 10.2. The van der Waals surface area contributed by atoms with E-state index in [-0.39, 0.29) is 17.6 Å². The number of esters is 2. The minimum absolute atomic E-state index is 0.263. The minimum atomic E-state index is -0.845. The molecule has 0 fully saturated rings. The highest BCUT2D eigenvalue weighted by Gasteiger charge is 2.57. The lowest BCUT2D eigenvalue weighted by Gasteiger charge is -2.39. The van der Waals surface area contributed by atoms with E-state index in [1.54, 1.807) is 13.8 Å². The Labute approximate surface area is 185 Å². The summed E-state index contributed by atoms with van der Waals surface area (Å²) in [7, 11) is 1.93. The molecule has 3 rings (SSSR count). The topological polar surface area (TPSA) is 71.4 Å². The predicted octanol–water partition coefficient (Wildman–Crippen LogP) is 4.29. The lowest BCUT2D eigenvalue weighted by Crippen LogP contribution is -2.47. The molecule has 2 aliphatic rings. The number of carbonyl (C=O) groups is 2. The Morgan fingerprint density at radius 1 is 1.10 bits per heavy atom. The molecule has 1 aromatic rings. The predicted molar refractivity (Wildman–Crippen MR) is 122 cm³/mol. The number of nitrogens with zero attached hydrogens (tertiary/aromatic N) is 3. The summed E-state index contributed by atoms with van der Waals surface area (Å²) < 4.78 is 9.69. The molecule has 0 aliphatic carbocycles. The van der Waals surface area contributed by atoms with Crippen molar-refractivity contribution in [1.29, 1.82) is 0 Å². The van der Waals surface area contributed by atoms with Crippen LogP contribution in [0.1, 0.15) is 39.2 Å². The highest BCUT2D eigenvalue weighted by molar-refractivity contribution is 8.28. The number of thioether (sulfide) groups is 2. The zero-order valence-electron chi connectivity index (χ0n) is 17.9. The Kier molecular flexibility index (Phi) is 7.02. The normalized spacial score (nSPS) is 20.8. The van der Waals surface area contributed by atoms with Gasteiger partial charge in [-0.3, -0.25) is 0 Å². The van der Waals surface area contributed by atoms with E-state index in [4.69, 9.17) is 9.47 Å². The number of carbonyl (C=O) groups excluding carboxylic acids is 2. The van der Waals surface area contributed by atoms with Crippen molar-refractivity contribution in [3.8, 4) is 0 Å². The molecular formula is C21H27N3O4S2. The Bertz CT molecular complexity index is 902. The molecule has 9 heteroatoms. The molecule has 1 atom stereocenters. The largest absolute Gasteiger partial charge is 0.462 e. The van der Waals surface area contributed by atoms with Crippen LogP contribution < -0.4 is 5.01 Å². The van der Waals surface area contributed by atoms with E-state index in [2.05, 4.69) is 12.0 Å². The van der Waals surface area contributed by atoms with Crippen LogP contribution in [-0.4, -0.2) is 46.5 Å². The van der Waals surface area contributed by atoms with Gasteiger partial charge in [-0.25, -0.2) is 14.6 Å². The van der Waals surface area contributed by atoms with Gasteiger partial charge in [0.1, 0.15) is 4.91 Å². The lowest BCUT2D eigenvalue weighted by molar-refractivity contribution is -0.137. The Morgan fingerprint density at radius 2 is 1.80 bits per heavy atom. The third kappa shape index (κ3) is 4.05. The molecule has 2 aliphatic heterocycles. The van der Waals surface area contributed by atoms with E-state index >= 15 is 0 Å². The van der Waals surface area contributed by atoms with Gasteiger partial charge in [-0.1, -0.05) is 37.2 Å². The highest BCUT2D eigenvalue weighted by Crippen LogP contribution is 2.59. The van der Waals surface area contributed by atoms with Crippen LogP contribution in [0.15, 0.2) is 40.0 Å². The molecular weight excluding hydrogens is 422 g/mol. The Morgan fingerprint density at radius 3 is 2.43 bits per heavy atom. The molecule has 0 radical (unpaired) electrons. The van der Waals surface area contributed by atoms with E-state index < -0.39 is 10.3 Å². The van der Waals surface area contributed by atoms with E-state index in [1.807, 2.05) is 48.1 Å². The molecule has 0 unspecified atom stereocenters. The third-order valence-electron chi connectivity index (χ3n) is 4.66. The maximum Gasteiger partial charge on any atom is 0.365 e. The fourth-order valence-electron chi connectivity index (χ4n) is 3.33. The molecule has 0 bridgehead atoms. The summed E-state index contributed by atoms with van der Waals surface area (Å²) in [6.07, 6.45) is 1.59. The zero-order valence-corrected chi connectivity index (χ0v) is 19.6. The summed E-state index contributed by atoms with van der Waals surface area (Å²) in [5.74, 6) is -0.809. The molecule has 162 valence electrons. The summed E-state index contributed by atoms with van der Waals surface area (Å²) >= 11 is 2.67. The second-order valence-electron chi connectivity index (χ2n) is 6.83. The number of ether oxygens (including phenoxy) is 2. The molecule has 2 heterocycles. The highest BCUT2D eigenvalue weighted by atomic mass is 32.2. The zero-order chi connectivity index (χ0) is 21.9. The first-order valence-corrected chi connectivity index (χ1v) is 11.7. The van der Waals surface area contributed by atoms with Gasteiger partial charge in [-0.2, -0.15) is 5.10 Å². The average molecular weight is 450 g/mol. The summed E-state index contributed by atoms with van der Waals surface area (Å²) in [6.45, 7) is 8.21. The fourth-order valence-corrected chi connectivity index (χ4v) is 6.23. The van der Waals surface area contributed by atoms with Gasteiger partial charge in [0.15, 0.2) is 0 Å². The van der Waals surface area contributed by atoms with Gasteiger partial charge in [-0.15, -0.1) is 0 Å². The van der Waals surface area contributed by atoms with Crippen molar-refractivity contribution >= 4 is 46.2 Å². The summed E-state index contributed by atoms with van der Waals surface area (Å²) in [4.78, 5) is 27.9. The number of rotatable bonds is 7. The number of hydrazone groups is 1. The van der Waals surface area contributed by atoms with Crippen LogP contribution in [0.25, 0.3) is 0 Å². The Balaban J connectivity index is 2.07. The second-order valence-corrected chi connectivity index (χ2v) is 9.43. The van der Waals surface area contributed by atoms with Gasteiger partial charge in [-0.05, 0) is 56.7 Å². The smallest absolute Gasteiger partial charge is 0.365 e. The number of anilines is 1. The number of hydrogen-bond acceptors (Lipinski definition) is 9. The van der Waals surface area contributed by atoms with Crippen molar-refractivity contribution in [2.24, 2.45) is 5.10 Å². The van der Waals surface area contributed by atoms with E-state index in [1.165, 1.54) is 23.5 Å². The van der Waals surface area contributed by atoms with Gasteiger partial charge in [0.25, 0.3) is 0 Å². The average Bonchev–Trinajstić information content (AvgIpc) is 3.23. The SMILES string of the molecule is CCCC1=C(C(=O)OCC)S[C@@]2(SC(C(=O)OCC)=NN2c2cccc(C)c2)N1C. The van der Waals surface area contributed by atoms with Gasteiger partial charge in [0.05, 0.1) is 18.9 Å². The molecule has 0 amide bonds. The van der Waals surface area contributed by atoms with Crippen molar-refractivity contribution in [2.45, 2.75) is 44.9 Å². The van der Waals surface area contributed by atoms with Crippen LogP contribution in [0.5, 0.6) is 0 Å². The monoisotopic (exact) mass is 449 g/mol. The first-order valence-electron chi connectivity index (χ1n) is 10.0. The molecule has 30 heavy (non-hydrogen) atoms. The molecule has 0 saturated carbocycles. The third-order valence-corrected chi connectivity index (χ3v) is 7.63. The van der Waals surface area contributed by atoms with Gasteiger partial charge < -0.3 is 14.4 Å². The number of aryl methyl sites for hydroxylation is 1. The van der Waals surface area contributed by atoms with Crippen molar-refractivity contribution in [1.82, 2.24) is 4.90 Å². The van der Waals surface area contributed by atoms with Gasteiger partial charge in [0.2, 0.25) is 9.37 Å². The van der Waals surface area contributed by atoms with Crippen molar-refractivity contribution < 1.29 is 19.1 Å². The number of hydrogen-bond donors (Lipinski definition) is 0. The van der Waals surface area contributed by atoms with E-state index in [9.17, 15) is 9.59 Å². The van der Waals surface area contributed by atoms with Crippen molar-refractivity contribution in [3.05, 3.63) is 40.4 Å². The summed E-state index contributed by atoms with van der Waals surface area (Å²) in [6, 6.07) is 7.91. The molecule has 0 saturated heterocycles. The van der Waals surface area contributed by atoms with Gasteiger partial charge in [0, 0.05) is 12.7 Å². The quantitative estimate of drug-likeness (QED) is 0.571. The van der Waals surface area contributed by atoms with Gasteiger partial charge >= 0.3 is 11.9 Å². The van der Waals surface area contributed by atoms with Crippen LogP contribution in [0.4, 0.5) is 5.69 Å². The number of benzene rings is 1. The molecule has 1 spiro atoms. The van der Waals surface area contributed by atoms with E-state index in [0.29, 0.717) is 11.5 Å². The molecule has 1 aromatic carbocycles. The maximum absolute atomic E-state index is 12.7. The fraction of sp³-hybridized carbons (Fsp3) is 0.476. The van der Waals surface area contributed by atoms with E-state index in [0.717, 1.165) is 29.8 Å². The van der Waals surface area contributed by atoms with Crippen molar-refractivity contribution in [3.63, 3.8) is 0 Å². The van der Waals surface area contributed by atoms with Crippen LogP contribution in [-0.2, 0) is 19.1 Å². The summed E-state index contributed by atoms with van der Waals surface area (Å²) in [5, 5.41) is 6.71. The first kappa shape index (κ1) is 22.6. The second kappa shape index (κ2) is 9.34. The first-order chi connectivity index (χ1) is 14.4. The standard InChI is InChI=1S/C21H27N3O4S2/c1-6-10-16-17(19(25)27-7-2)29-21(23(16)5)24(15-12-9-11-14(4)13-15)22-18(30-21)20(26)28-8-3/h9,11-13H,6-8,10H2,1-5H3/t21-/m1/s1. The maximum atomic E-state index is 12.7. The molecule has 0 N–H and O–H groups in total. The summed E-state index contributed by atoms with van der Waals surface area (Å²) in [5.41, 5.74) is 2.80. The van der Waals surface area contributed by atoms with Crippen LogP contribution in [0.2, 0.25) is 0 Å². The Hall–Kier alpha value is -2.13. The van der Waals surface area contributed by atoms with Crippen LogP contribution in [0.3, 0.4) is 0 Å². The van der Waals surface area contributed by atoms with Crippen LogP contribution >= 0.6 is 23.5 Å². The van der Waals surface area contributed by atoms with Crippen LogP contribution in [0, 0.1) is 6.92 Å².